The van der Waals surface area contributed by atoms with Gasteiger partial charge in [-0.2, -0.15) is 0 Å². The number of nitrogens with one attached hydrogen (secondary N) is 1. The summed E-state index contributed by atoms with van der Waals surface area (Å²) in [5, 5.41) is 3.01. The van der Waals surface area contributed by atoms with Crippen LogP contribution >= 0.6 is 0 Å². The number of anilines is 1. The molecule has 0 bridgehead atoms. The standard InChI is InChI=1S/C21H26N6O2/c1-15-13-24-18(14-23-15)20(28)25-17-6-4-5-16(17)21(29)27-11-9-26(10-12-27)19-7-2-3-8-22-19/h2-3,7-8,13-14,16-17H,4-6,9-12H2,1H3,(H,25,28)/t16-,17+/m0/s1. The van der Waals surface area contributed by atoms with Crippen LogP contribution in [0.3, 0.4) is 0 Å². The quantitative estimate of drug-likeness (QED) is 0.844. The summed E-state index contributed by atoms with van der Waals surface area (Å²) in [4.78, 5) is 42.4. The first-order valence-corrected chi connectivity index (χ1v) is 10.2. The van der Waals surface area contributed by atoms with Crippen LogP contribution in [0.25, 0.3) is 0 Å². The number of aryl methyl sites for hydroxylation is 1. The molecule has 1 saturated heterocycles. The molecule has 0 unspecified atom stereocenters. The van der Waals surface area contributed by atoms with Gasteiger partial charge < -0.3 is 15.1 Å². The zero-order chi connectivity index (χ0) is 20.2. The smallest absolute Gasteiger partial charge is 0.271 e. The molecule has 0 spiro atoms. The Labute approximate surface area is 170 Å². The SMILES string of the molecule is Cc1cnc(C(=O)N[C@@H]2CCC[C@@H]2C(=O)N2CCN(c3ccccn3)CC2)cn1. The Morgan fingerprint density at radius 2 is 1.86 bits per heavy atom. The molecule has 4 rings (SSSR count). The van der Waals surface area contributed by atoms with Crippen molar-refractivity contribution in [1.82, 2.24) is 25.2 Å². The van der Waals surface area contributed by atoms with Crippen LogP contribution in [0.2, 0.25) is 0 Å². The van der Waals surface area contributed by atoms with E-state index in [-0.39, 0.29) is 29.5 Å². The summed E-state index contributed by atoms with van der Waals surface area (Å²) in [6.45, 7) is 4.72. The normalized spacial score (nSPS) is 21.8. The van der Waals surface area contributed by atoms with Crippen LogP contribution < -0.4 is 10.2 Å². The third kappa shape index (κ3) is 4.36. The third-order valence-corrected chi connectivity index (χ3v) is 5.73. The molecule has 1 N–H and O–H groups in total. The van der Waals surface area contributed by atoms with Crippen LogP contribution in [-0.4, -0.2) is 63.9 Å². The van der Waals surface area contributed by atoms with Crippen molar-refractivity contribution in [2.24, 2.45) is 5.92 Å². The number of carbonyl (C=O) groups is 2. The molecule has 0 radical (unpaired) electrons. The minimum Gasteiger partial charge on any atom is -0.353 e. The van der Waals surface area contributed by atoms with Crippen molar-refractivity contribution in [3.8, 4) is 0 Å². The Hall–Kier alpha value is -3.03. The maximum Gasteiger partial charge on any atom is 0.271 e. The average molecular weight is 394 g/mol. The fourth-order valence-corrected chi connectivity index (χ4v) is 4.11. The van der Waals surface area contributed by atoms with E-state index < -0.39 is 0 Å². The van der Waals surface area contributed by atoms with Crippen LogP contribution in [0.5, 0.6) is 0 Å². The maximum atomic E-state index is 13.1. The molecule has 8 heteroatoms. The number of carbonyl (C=O) groups excluding carboxylic acids is 2. The number of hydrogen-bond donors (Lipinski definition) is 1. The van der Waals surface area contributed by atoms with Gasteiger partial charge in [0.05, 0.1) is 17.8 Å². The highest BCUT2D eigenvalue weighted by atomic mass is 16.2. The molecule has 8 nitrogen and oxygen atoms in total. The highest BCUT2D eigenvalue weighted by Gasteiger charge is 2.37. The highest BCUT2D eigenvalue weighted by molar-refractivity contribution is 5.92. The van der Waals surface area contributed by atoms with Gasteiger partial charge in [-0.05, 0) is 31.9 Å². The monoisotopic (exact) mass is 394 g/mol. The van der Waals surface area contributed by atoms with E-state index in [0.29, 0.717) is 13.1 Å². The average Bonchev–Trinajstić information content (AvgIpc) is 3.22. The second kappa shape index (κ2) is 8.55. The molecular weight excluding hydrogens is 368 g/mol. The lowest BCUT2D eigenvalue weighted by Gasteiger charge is -2.37. The molecule has 2 aliphatic rings. The Morgan fingerprint density at radius 3 is 2.55 bits per heavy atom. The van der Waals surface area contributed by atoms with Crippen molar-refractivity contribution in [3.63, 3.8) is 0 Å². The largest absolute Gasteiger partial charge is 0.353 e. The fourth-order valence-electron chi connectivity index (χ4n) is 4.11. The van der Waals surface area contributed by atoms with Crippen LogP contribution in [0.4, 0.5) is 5.82 Å². The fraction of sp³-hybridized carbons (Fsp3) is 0.476. The van der Waals surface area contributed by atoms with Gasteiger partial charge in [-0.1, -0.05) is 12.5 Å². The van der Waals surface area contributed by atoms with Gasteiger partial charge in [-0.15, -0.1) is 0 Å². The number of piperazine rings is 1. The molecule has 2 atom stereocenters. The lowest BCUT2D eigenvalue weighted by Crippen LogP contribution is -2.53. The van der Waals surface area contributed by atoms with Crippen LogP contribution in [0, 0.1) is 12.8 Å². The first-order valence-electron chi connectivity index (χ1n) is 10.2. The molecule has 2 amide bonds. The Morgan fingerprint density at radius 1 is 1.03 bits per heavy atom. The van der Waals surface area contributed by atoms with Gasteiger partial charge in [0.2, 0.25) is 5.91 Å². The zero-order valence-corrected chi connectivity index (χ0v) is 16.6. The molecular formula is C21H26N6O2. The van der Waals surface area contributed by atoms with Crippen LogP contribution in [0.1, 0.15) is 35.4 Å². The van der Waals surface area contributed by atoms with Gasteiger partial charge >= 0.3 is 0 Å². The van der Waals surface area contributed by atoms with Gasteiger partial charge in [-0.25, -0.2) is 9.97 Å². The Kier molecular flexibility index (Phi) is 5.69. The van der Waals surface area contributed by atoms with Crippen LogP contribution in [-0.2, 0) is 4.79 Å². The number of pyridine rings is 1. The second-order valence-electron chi connectivity index (χ2n) is 7.66. The maximum absolute atomic E-state index is 13.1. The van der Waals surface area contributed by atoms with Crippen molar-refractivity contribution in [3.05, 3.63) is 48.2 Å². The summed E-state index contributed by atoms with van der Waals surface area (Å²) in [6, 6.07) is 5.73. The molecule has 152 valence electrons. The van der Waals surface area contributed by atoms with Gasteiger partial charge in [0.15, 0.2) is 0 Å². The Balaban J connectivity index is 1.34. The first-order chi connectivity index (χ1) is 14.1. The minimum atomic E-state index is -0.262. The predicted octanol–water partition coefficient (Wildman–Crippen LogP) is 1.43. The number of hydrogen-bond acceptors (Lipinski definition) is 6. The van der Waals surface area contributed by atoms with E-state index in [2.05, 4.69) is 25.2 Å². The predicted molar refractivity (Wildman–Crippen MR) is 108 cm³/mol. The van der Waals surface area contributed by atoms with E-state index in [4.69, 9.17) is 0 Å². The van der Waals surface area contributed by atoms with Crippen molar-refractivity contribution in [1.29, 1.82) is 0 Å². The molecule has 2 aromatic heterocycles. The molecule has 1 aliphatic heterocycles. The summed E-state index contributed by atoms with van der Waals surface area (Å²) >= 11 is 0. The van der Waals surface area contributed by atoms with E-state index in [1.165, 1.54) is 6.20 Å². The number of aromatic nitrogens is 3. The van der Waals surface area contributed by atoms with Gasteiger partial charge in [0.1, 0.15) is 11.5 Å². The summed E-state index contributed by atoms with van der Waals surface area (Å²) in [7, 11) is 0. The number of nitrogens with zero attached hydrogens (tertiary/aromatic N) is 5. The lowest BCUT2D eigenvalue weighted by atomic mass is 10.0. The highest BCUT2D eigenvalue weighted by Crippen LogP contribution is 2.28. The van der Waals surface area contributed by atoms with E-state index in [1.54, 1.807) is 12.4 Å². The second-order valence-corrected chi connectivity index (χ2v) is 7.66. The summed E-state index contributed by atoms with van der Waals surface area (Å²) < 4.78 is 0. The van der Waals surface area contributed by atoms with Crippen molar-refractivity contribution >= 4 is 17.6 Å². The third-order valence-electron chi connectivity index (χ3n) is 5.73. The van der Waals surface area contributed by atoms with E-state index >= 15 is 0 Å². The minimum absolute atomic E-state index is 0.142. The molecule has 1 saturated carbocycles. The molecule has 2 fully saturated rings. The zero-order valence-electron chi connectivity index (χ0n) is 16.6. The van der Waals surface area contributed by atoms with E-state index in [0.717, 1.165) is 43.9 Å². The summed E-state index contributed by atoms with van der Waals surface area (Å²) in [5.74, 6) is 0.661. The summed E-state index contributed by atoms with van der Waals surface area (Å²) in [6.07, 6.45) is 7.41. The van der Waals surface area contributed by atoms with Crippen LogP contribution in [0.15, 0.2) is 36.8 Å². The van der Waals surface area contributed by atoms with Crippen molar-refractivity contribution < 1.29 is 9.59 Å². The van der Waals surface area contributed by atoms with Gasteiger partial charge in [0, 0.05) is 44.6 Å². The van der Waals surface area contributed by atoms with Gasteiger partial charge in [0.25, 0.3) is 5.91 Å². The van der Waals surface area contributed by atoms with E-state index in [1.807, 2.05) is 30.0 Å². The summed E-state index contributed by atoms with van der Waals surface area (Å²) in [5.41, 5.74) is 1.05. The molecule has 3 heterocycles. The molecule has 0 aromatic carbocycles. The topological polar surface area (TPSA) is 91.3 Å². The number of amides is 2. The van der Waals surface area contributed by atoms with Crippen molar-refractivity contribution in [2.75, 3.05) is 31.1 Å². The lowest BCUT2D eigenvalue weighted by molar-refractivity contribution is -0.136. The molecule has 29 heavy (non-hydrogen) atoms. The van der Waals surface area contributed by atoms with Crippen molar-refractivity contribution in [2.45, 2.75) is 32.2 Å². The van der Waals surface area contributed by atoms with Gasteiger partial charge in [-0.3, -0.25) is 14.6 Å². The molecule has 1 aliphatic carbocycles. The first kappa shape index (κ1) is 19.3. The van der Waals surface area contributed by atoms with E-state index in [9.17, 15) is 9.59 Å². The molecule has 2 aromatic rings. The number of rotatable bonds is 4. The Bertz CT molecular complexity index is 849.